The lowest BCUT2D eigenvalue weighted by Gasteiger charge is -2.10. The van der Waals surface area contributed by atoms with E-state index in [2.05, 4.69) is 60.8 Å². The molecule has 0 spiro atoms. The topological polar surface area (TPSA) is 0 Å². The fourth-order valence-electron chi connectivity index (χ4n) is 1.26. The van der Waals surface area contributed by atoms with Crippen LogP contribution in [0.25, 0.3) is 0 Å². The molecule has 0 heterocycles. The van der Waals surface area contributed by atoms with Crippen LogP contribution < -0.4 is 5.19 Å². The first-order valence-corrected chi connectivity index (χ1v) is 8.23. The molecule has 0 aliphatic carbocycles. The van der Waals surface area contributed by atoms with E-state index in [0.717, 1.165) is 7.02 Å². The van der Waals surface area contributed by atoms with Crippen molar-refractivity contribution < 1.29 is 0 Å². The van der Waals surface area contributed by atoms with E-state index >= 15 is 0 Å². The van der Waals surface area contributed by atoms with Crippen molar-refractivity contribution in [2.75, 3.05) is 0 Å². The smallest absolute Gasteiger partial charge is 0.117 e. The lowest BCUT2D eigenvalue weighted by atomic mass is 10.0. The van der Waals surface area contributed by atoms with E-state index in [9.17, 15) is 0 Å². The standard InChI is InChI=1S/C10H13ISi/c1-7(2)9-5-4-8(3)6-10(9)12-11/h4-7H,1-3H3. The van der Waals surface area contributed by atoms with Crippen LogP contribution in [0.3, 0.4) is 0 Å². The van der Waals surface area contributed by atoms with Crippen molar-refractivity contribution in [2.45, 2.75) is 26.7 Å². The number of aryl methyl sites for hydroxylation is 1. The van der Waals surface area contributed by atoms with Crippen molar-refractivity contribution in [1.29, 1.82) is 0 Å². The molecule has 0 aliphatic heterocycles. The Kier molecular flexibility index (Phi) is 3.77. The Hall–Kier alpha value is 0.167. The second kappa shape index (κ2) is 4.42. The molecule has 2 radical (unpaired) electrons. The van der Waals surface area contributed by atoms with Gasteiger partial charge in [0.25, 0.3) is 0 Å². The molecule has 0 aromatic heterocycles. The second-order valence-corrected chi connectivity index (χ2v) is 5.69. The lowest BCUT2D eigenvalue weighted by molar-refractivity contribution is 0.873. The van der Waals surface area contributed by atoms with Gasteiger partial charge >= 0.3 is 0 Å². The zero-order valence-electron chi connectivity index (χ0n) is 7.69. The van der Waals surface area contributed by atoms with Gasteiger partial charge in [0.05, 0.1) is 0 Å². The maximum Gasteiger partial charge on any atom is 0.169 e. The molecule has 1 rings (SSSR count). The number of hydrogen-bond acceptors (Lipinski definition) is 0. The highest BCUT2D eigenvalue weighted by atomic mass is 127. The molecule has 64 valence electrons. The Labute approximate surface area is 89.8 Å². The van der Waals surface area contributed by atoms with E-state index in [1.54, 1.807) is 0 Å². The normalized spacial score (nSPS) is 10.8. The zero-order valence-corrected chi connectivity index (χ0v) is 10.8. The van der Waals surface area contributed by atoms with Crippen molar-refractivity contribution >= 4 is 34.0 Å². The van der Waals surface area contributed by atoms with Gasteiger partial charge in [0, 0.05) is 0 Å². The summed E-state index contributed by atoms with van der Waals surface area (Å²) in [5.74, 6) is 0.655. The van der Waals surface area contributed by atoms with Gasteiger partial charge in [-0.3, -0.25) is 0 Å². The summed E-state index contributed by atoms with van der Waals surface area (Å²) in [5.41, 5.74) is 2.88. The quantitative estimate of drug-likeness (QED) is 0.446. The van der Waals surface area contributed by atoms with Crippen molar-refractivity contribution in [3.63, 3.8) is 0 Å². The fraction of sp³-hybridized carbons (Fsp3) is 0.400. The average molecular weight is 288 g/mol. The molecule has 1 aromatic rings. The van der Waals surface area contributed by atoms with Crippen LogP contribution in [0.5, 0.6) is 0 Å². The molecule has 0 bridgehead atoms. The summed E-state index contributed by atoms with van der Waals surface area (Å²) in [6.45, 7) is 6.67. The monoisotopic (exact) mass is 288 g/mol. The number of rotatable bonds is 2. The van der Waals surface area contributed by atoms with Gasteiger partial charge in [-0.05, 0) is 23.6 Å². The van der Waals surface area contributed by atoms with Crippen LogP contribution in [0.2, 0.25) is 0 Å². The first-order valence-electron chi connectivity index (χ1n) is 4.12. The van der Waals surface area contributed by atoms with Crippen LogP contribution in [-0.4, -0.2) is 7.02 Å². The largest absolute Gasteiger partial charge is 0.169 e. The maximum absolute atomic E-state index is 2.46. The maximum atomic E-state index is 2.46. The van der Waals surface area contributed by atoms with Crippen LogP contribution in [0.4, 0.5) is 0 Å². The van der Waals surface area contributed by atoms with Crippen LogP contribution in [0.1, 0.15) is 30.9 Å². The molecule has 0 atom stereocenters. The molecule has 0 N–H and O–H groups in total. The van der Waals surface area contributed by atoms with E-state index in [0.29, 0.717) is 5.92 Å². The molecule has 1 aromatic carbocycles. The third-order valence-corrected chi connectivity index (χ3v) is 4.31. The molecule has 0 aliphatic rings. The molecule has 0 nitrogen and oxygen atoms in total. The minimum absolute atomic E-state index is 0.655. The van der Waals surface area contributed by atoms with Gasteiger partial charge < -0.3 is 0 Å². The van der Waals surface area contributed by atoms with Gasteiger partial charge in [0.2, 0.25) is 0 Å². The second-order valence-electron chi connectivity index (χ2n) is 3.34. The summed E-state index contributed by atoms with van der Waals surface area (Å²) in [4.78, 5) is 0. The highest BCUT2D eigenvalue weighted by Gasteiger charge is 2.05. The molecule has 0 saturated carbocycles. The van der Waals surface area contributed by atoms with Crippen molar-refractivity contribution in [2.24, 2.45) is 0 Å². The number of halogens is 1. The van der Waals surface area contributed by atoms with E-state index < -0.39 is 0 Å². The molecule has 0 fully saturated rings. The predicted octanol–water partition coefficient (Wildman–Crippen LogP) is 2.80. The Bertz CT molecular complexity index is 269. The molecular formula is C10H13ISi. The first-order chi connectivity index (χ1) is 5.65. The molecule has 2 heteroatoms. The minimum Gasteiger partial charge on any atom is -0.117 e. The van der Waals surface area contributed by atoms with E-state index in [-0.39, 0.29) is 0 Å². The minimum atomic E-state index is 0.655. The van der Waals surface area contributed by atoms with E-state index in [4.69, 9.17) is 0 Å². The summed E-state index contributed by atoms with van der Waals surface area (Å²) in [7, 11) is 0.888. The lowest BCUT2D eigenvalue weighted by Crippen LogP contribution is -2.16. The summed E-state index contributed by atoms with van der Waals surface area (Å²) in [5, 5.41) is 1.52. The summed E-state index contributed by atoms with van der Waals surface area (Å²) < 4.78 is 0. The Morgan fingerprint density at radius 1 is 1.33 bits per heavy atom. The third-order valence-electron chi connectivity index (χ3n) is 1.93. The Morgan fingerprint density at radius 3 is 2.50 bits per heavy atom. The third kappa shape index (κ3) is 2.33. The molecule has 0 saturated heterocycles. The van der Waals surface area contributed by atoms with Crippen LogP contribution in [0.15, 0.2) is 18.2 Å². The first kappa shape index (κ1) is 10.2. The Balaban J connectivity index is 3.11. The van der Waals surface area contributed by atoms with Gasteiger partial charge in [-0.15, -0.1) is 21.8 Å². The molecule has 0 amide bonds. The van der Waals surface area contributed by atoms with Gasteiger partial charge in [-0.25, -0.2) is 0 Å². The highest BCUT2D eigenvalue weighted by Crippen LogP contribution is 2.12. The van der Waals surface area contributed by atoms with Gasteiger partial charge in [0.1, 0.15) is 0 Å². The highest BCUT2D eigenvalue weighted by molar-refractivity contribution is 14.1. The summed E-state index contributed by atoms with van der Waals surface area (Å²) in [6, 6.07) is 6.77. The van der Waals surface area contributed by atoms with Crippen molar-refractivity contribution in [1.82, 2.24) is 0 Å². The van der Waals surface area contributed by atoms with E-state index in [1.165, 1.54) is 16.3 Å². The fourth-order valence-corrected chi connectivity index (χ4v) is 3.42. The van der Waals surface area contributed by atoms with Crippen LogP contribution in [0, 0.1) is 6.92 Å². The molecule has 0 unspecified atom stereocenters. The summed E-state index contributed by atoms with van der Waals surface area (Å²) >= 11 is 2.46. The predicted molar refractivity (Wildman–Crippen MR) is 64.7 cm³/mol. The van der Waals surface area contributed by atoms with Crippen LogP contribution >= 0.6 is 21.8 Å². The average Bonchev–Trinajstić information content (AvgIpc) is 2.03. The van der Waals surface area contributed by atoms with Crippen molar-refractivity contribution in [3.8, 4) is 0 Å². The zero-order chi connectivity index (χ0) is 9.14. The van der Waals surface area contributed by atoms with Gasteiger partial charge in [-0.1, -0.05) is 37.6 Å². The Morgan fingerprint density at radius 2 is 2.00 bits per heavy atom. The summed E-state index contributed by atoms with van der Waals surface area (Å²) in [6.07, 6.45) is 0. The number of hydrogen-bond donors (Lipinski definition) is 0. The van der Waals surface area contributed by atoms with Crippen molar-refractivity contribution in [3.05, 3.63) is 29.3 Å². The van der Waals surface area contributed by atoms with Gasteiger partial charge in [-0.2, -0.15) is 0 Å². The number of benzene rings is 1. The SMILES string of the molecule is Cc1ccc(C(C)C)c([Si]I)c1. The van der Waals surface area contributed by atoms with Gasteiger partial charge in [0.15, 0.2) is 7.02 Å². The van der Waals surface area contributed by atoms with E-state index in [1.807, 2.05) is 0 Å². The molecule has 12 heavy (non-hydrogen) atoms. The van der Waals surface area contributed by atoms with Crippen LogP contribution in [-0.2, 0) is 0 Å². The molecular weight excluding hydrogens is 275 g/mol.